The number of nitrogens with zero attached hydrogens (tertiary/aromatic N) is 3. The summed E-state index contributed by atoms with van der Waals surface area (Å²) in [6, 6.07) is 8.98. The first-order chi connectivity index (χ1) is 14.2. The molecule has 2 aliphatic rings. The van der Waals surface area contributed by atoms with Gasteiger partial charge < -0.3 is 15.4 Å². The van der Waals surface area contributed by atoms with Crippen molar-refractivity contribution in [2.45, 2.75) is 39.8 Å². The van der Waals surface area contributed by atoms with Crippen LogP contribution in [0, 0.1) is 5.92 Å². The highest BCUT2D eigenvalue weighted by Crippen LogP contribution is 2.18. The predicted molar refractivity (Wildman–Crippen MR) is 120 cm³/mol. The van der Waals surface area contributed by atoms with Gasteiger partial charge in [-0.25, -0.2) is 4.99 Å². The molecule has 0 radical (unpaired) electrons. The minimum atomic E-state index is 0.703. The molecule has 6 nitrogen and oxygen atoms in total. The highest BCUT2D eigenvalue weighted by molar-refractivity contribution is 5.79. The van der Waals surface area contributed by atoms with E-state index >= 15 is 0 Å². The lowest BCUT2D eigenvalue weighted by Gasteiger charge is -2.30. The van der Waals surface area contributed by atoms with E-state index in [1.165, 1.54) is 37.1 Å². The number of hydrogen-bond acceptors (Lipinski definition) is 4. The van der Waals surface area contributed by atoms with E-state index in [-0.39, 0.29) is 0 Å². The molecule has 2 saturated heterocycles. The number of guanidine groups is 1. The monoisotopic (exact) mass is 401 g/mol. The van der Waals surface area contributed by atoms with Crippen molar-refractivity contribution >= 4 is 5.96 Å². The predicted octanol–water partition coefficient (Wildman–Crippen LogP) is 2.31. The number of morpholine rings is 1. The number of ether oxygens (including phenoxy) is 1. The molecule has 0 aromatic heterocycles. The van der Waals surface area contributed by atoms with Crippen molar-refractivity contribution in [2.24, 2.45) is 10.9 Å². The number of benzene rings is 1. The van der Waals surface area contributed by atoms with Crippen molar-refractivity contribution in [3.8, 4) is 0 Å². The van der Waals surface area contributed by atoms with E-state index in [1.54, 1.807) is 0 Å². The minimum Gasteiger partial charge on any atom is -0.379 e. The molecule has 0 saturated carbocycles. The van der Waals surface area contributed by atoms with Gasteiger partial charge in [-0.05, 0) is 49.9 Å². The summed E-state index contributed by atoms with van der Waals surface area (Å²) in [5, 5.41) is 6.81. The average molecular weight is 402 g/mol. The highest BCUT2D eigenvalue weighted by atomic mass is 16.5. The van der Waals surface area contributed by atoms with E-state index in [9.17, 15) is 0 Å². The number of rotatable bonds is 8. The maximum absolute atomic E-state index is 5.41. The largest absolute Gasteiger partial charge is 0.379 e. The Morgan fingerprint density at radius 2 is 1.69 bits per heavy atom. The van der Waals surface area contributed by atoms with Gasteiger partial charge in [-0.1, -0.05) is 31.2 Å². The van der Waals surface area contributed by atoms with Gasteiger partial charge >= 0.3 is 0 Å². The van der Waals surface area contributed by atoms with Crippen molar-refractivity contribution in [3.05, 3.63) is 35.4 Å². The van der Waals surface area contributed by atoms with Crippen LogP contribution >= 0.6 is 0 Å². The zero-order valence-corrected chi connectivity index (χ0v) is 18.3. The summed E-state index contributed by atoms with van der Waals surface area (Å²) in [6.07, 6.45) is 2.66. The lowest BCUT2D eigenvalue weighted by atomic mass is 9.99. The van der Waals surface area contributed by atoms with Gasteiger partial charge in [0.15, 0.2) is 5.96 Å². The molecule has 1 aromatic rings. The Morgan fingerprint density at radius 1 is 1.00 bits per heavy atom. The standard InChI is InChI=1S/C23H39N5O/c1-3-24-23(25-10-13-27-14-16-29-17-15-27)26-18-21-4-6-22(7-5-21)19-28-11-8-20(2)9-12-28/h4-7,20H,3,8-19H2,1-2H3,(H2,24,25,26). The smallest absolute Gasteiger partial charge is 0.191 e. The molecule has 0 aliphatic carbocycles. The lowest BCUT2D eigenvalue weighted by Crippen LogP contribution is -2.44. The van der Waals surface area contributed by atoms with E-state index < -0.39 is 0 Å². The second-order valence-electron chi connectivity index (χ2n) is 8.35. The van der Waals surface area contributed by atoms with Crippen LogP contribution in [0.3, 0.4) is 0 Å². The van der Waals surface area contributed by atoms with E-state index in [4.69, 9.17) is 9.73 Å². The molecule has 0 atom stereocenters. The van der Waals surface area contributed by atoms with Gasteiger partial charge in [-0.2, -0.15) is 0 Å². The summed E-state index contributed by atoms with van der Waals surface area (Å²) >= 11 is 0. The van der Waals surface area contributed by atoms with Gasteiger partial charge in [-0.3, -0.25) is 9.80 Å². The molecule has 6 heteroatoms. The maximum atomic E-state index is 5.41. The topological polar surface area (TPSA) is 52.1 Å². The summed E-state index contributed by atoms with van der Waals surface area (Å²) in [5.74, 6) is 1.78. The third kappa shape index (κ3) is 7.96. The van der Waals surface area contributed by atoms with E-state index in [2.05, 4.69) is 58.5 Å². The van der Waals surface area contributed by atoms with Crippen LogP contribution < -0.4 is 10.6 Å². The van der Waals surface area contributed by atoms with Crippen molar-refractivity contribution in [3.63, 3.8) is 0 Å². The molecule has 0 bridgehead atoms. The number of nitrogens with one attached hydrogen (secondary N) is 2. The molecule has 1 aromatic carbocycles. The first-order valence-corrected chi connectivity index (χ1v) is 11.4. The summed E-state index contributed by atoms with van der Waals surface area (Å²) < 4.78 is 5.41. The van der Waals surface area contributed by atoms with Crippen LogP contribution in [0.1, 0.15) is 37.8 Å². The Labute approximate surface area is 176 Å². The second kappa shape index (κ2) is 12.2. The Balaban J connectivity index is 1.43. The Hall–Kier alpha value is -1.63. The molecule has 2 fully saturated rings. The minimum absolute atomic E-state index is 0.703. The van der Waals surface area contributed by atoms with Gasteiger partial charge in [0, 0.05) is 39.3 Å². The highest BCUT2D eigenvalue weighted by Gasteiger charge is 2.15. The van der Waals surface area contributed by atoms with Crippen LogP contribution in [0.4, 0.5) is 0 Å². The summed E-state index contributed by atoms with van der Waals surface area (Å²) in [7, 11) is 0. The lowest BCUT2D eigenvalue weighted by molar-refractivity contribution is 0.0389. The van der Waals surface area contributed by atoms with Crippen LogP contribution in [0.15, 0.2) is 29.3 Å². The van der Waals surface area contributed by atoms with E-state index in [0.717, 1.165) is 64.4 Å². The zero-order valence-electron chi connectivity index (χ0n) is 18.3. The molecule has 3 rings (SSSR count). The number of piperidine rings is 1. The molecule has 2 N–H and O–H groups in total. The van der Waals surface area contributed by atoms with Crippen LogP contribution in [-0.2, 0) is 17.8 Å². The second-order valence-corrected chi connectivity index (χ2v) is 8.35. The number of hydrogen-bond donors (Lipinski definition) is 2. The molecule has 29 heavy (non-hydrogen) atoms. The van der Waals surface area contributed by atoms with Gasteiger partial charge in [0.05, 0.1) is 19.8 Å². The Morgan fingerprint density at radius 3 is 2.38 bits per heavy atom. The SMILES string of the molecule is CCNC(=NCc1ccc(CN2CCC(C)CC2)cc1)NCCN1CCOCC1. The maximum Gasteiger partial charge on any atom is 0.191 e. The fourth-order valence-electron chi connectivity index (χ4n) is 3.90. The van der Waals surface area contributed by atoms with Crippen molar-refractivity contribution in [1.82, 2.24) is 20.4 Å². The number of likely N-dealkylation sites (tertiary alicyclic amines) is 1. The molecule has 162 valence electrons. The Bertz CT molecular complexity index is 604. The van der Waals surface area contributed by atoms with Crippen LogP contribution in [0.2, 0.25) is 0 Å². The van der Waals surface area contributed by atoms with Crippen LogP contribution in [0.25, 0.3) is 0 Å². The quantitative estimate of drug-likeness (QED) is 0.517. The number of aliphatic imine (C=N–C) groups is 1. The van der Waals surface area contributed by atoms with Crippen LogP contribution in [0.5, 0.6) is 0 Å². The van der Waals surface area contributed by atoms with Crippen molar-refractivity contribution in [1.29, 1.82) is 0 Å². The first-order valence-electron chi connectivity index (χ1n) is 11.4. The zero-order chi connectivity index (χ0) is 20.3. The van der Waals surface area contributed by atoms with E-state index in [1.807, 2.05) is 0 Å². The normalized spacial score (nSPS) is 20.0. The molecule has 2 aliphatic heterocycles. The fraction of sp³-hybridized carbons (Fsp3) is 0.696. The van der Waals surface area contributed by atoms with Gasteiger partial charge in [-0.15, -0.1) is 0 Å². The van der Waals surface area contributed by atoms with Gasteiger partial charge in [0.25, 0.3) is 0 Å². The van der Waals surface area contributed by atoms with E-state index in [0.29, 0.717) is 6.54 Å². The molecule has 0 amide bonds. The van der Waals surface area contributed by atoms with Crippen molar-refractivity contribution in [2.75, 3.05) is 59.0 Å². The average Bonchev–Trinajstić information content (AvgIpc) is 2.75. The first kappa shape index (κ1) is 22.1. The Kier molecular flexibility index (Phi) is 9.25. The third-order valence-corrected chi connectivity index (χ3v) is 5.89. The summed E-state index contributed by atoms with van der Waals surface area (Å²) in [5.41, 5.74) is 2.66. The summed E-state index contributed by atoms with van der Waals surface area (Å²) in [6.45, 7) is 15.3. The summed E-state index contributed by atoms with van der Waals surface area (Å²) in [4.78, 5) is 9.77. The van der Waals surface area contributed by atoms with Gasteiger partial charge in [0.2, 0.25) is 0 Å². The molecular weight excluding hydrogens is 362 g/mol. The molecule has 0 spiro atoms. The molecular formula is C23H39N5O. The third-order valence-electron chi connectivity index (χ3n) is 5.89. The van der Waals surface area contributed by atoms with Crippen molar-refractivity contribution < 1.29 is 4.74 Å². The molecule has 0 unspecified atom stereocenters. The fourth-order valence-corrected chi connectivity index (χ4v) is 3.90. The van der Waals surface area contributed by atoms with Gasteiger partial charge in [0.1, 0.15) is 0 Å². The molecule has 2 heterocycles. The van der Waals surface area contributed by atoms with Crippen LogP contribution in [-0.4, -0.2) is 74.8 Å².